The molecule has 17 heavy (non-hydrogen) atoms. The van der Waals surface area contributed by atoms with Crippen molar-refractivity contribution in [2.24, 2.45) is 0 Å². The van der Waals surface area contributed by atoms with Crippen LogP contribution < -0.4 is 0 Å². The van der Waals surface area contributed by atoms with Gasteiger partial charge in [-0.3, -0.25) is 4.90 Å². The number of hydrogen-bond acceptors (Lipinski definition) is 5. The van der Waals surface area contributed by atoms with Gasteiger partial charge in [0.1, 0.15) is 5.76 Å². The first-order chi connectivity index (χ1) is 8.19. The molecule has 1 amide bonds. The number of aromatic nitrogens is 1. The van der Waals surface area contributed by atoms with Gasteiger partial charge in [0.2, 0.25) is 0 Å². The van der Waals surface area contributed by atoms with Crippen molar-refractivity contribution in [1.82, 2.24) is 15.0 Å². The molecule has 0 aromatic carbocycles. The summed E-state index contributed by atoms with van der Waals surface area (Å²) in [7, 11) is 1.41. The zero-order valence-electron chi connectivity index (χ0n) is 10.2. The van der Waals surface area contributed by atoms with Gasteiger partial charge < -0.3 is 14.2 Å². The van der Waals surface area contributed by atoms with E-state index >= 15 is 0 Å². The van der Waals surface area contributed by atoms with Crippen LogP contribution in [0.2, 0.25) is 0 Å². The molecule has 1 aromatic heterocycles. The van der Waals surface area contributed by atoms with Gasteiger partial charge in [-0.1, -0.05) is 5.16 Å². The van der Waals surface area contributed by atoms with E-state index in [1.807, 2.05) is 13.0 Å². The summed E-state index contributed by atoms with van der Waals surface area (Å²) in [6, 6.07) is 1.94. The lowest BCUT2D eigenvalue weighted by Crippen LogP contribution is -2.48. The number of rotatable bonds is 2. The second-order valence-electron chi connectivity index (χ2n) is 4.16. The van der Waals surface area contributed by atoms with Gasteiger partial charge in [0, 0.05) is 38.8 Å². The summed E-state index contributed by atoms with van der Waals surface area (Å²) >= 11 is 0. The number of nitrogens with zero attached hydrogens (tertiary/aromatic N) is 3. The van der Waals surface area contributed by atoms with Crippen LogP contribution in [0.5, 0.6) is 0 Å². The fourth-order valence-electron chi connectivity index (χ4n) is 1.94. The van der Waals surface area contributed by atoms with Gasteiger partial charge in [-0.15, -0.1) is 0 Å². The number of methoxy groups -OCH3 is 1. The monoisotopic (exact) mass is 239 g/mol. The third-order valence-corrected chi connectivity index (χ3v) is 2.87. The Hall–Kier alpha value is -1.56. The molecule has 0 aliphatic carbocycles. The number of hydrogen-bond donors (Lipinski definition) is 0. The van der Waals surface area contributed by atoms with Gasteiger partial charge in [-0.25, -0.2) is 4.79 Å². The highest BCUT2D eigenvalue weighted by atomic mass is 16.5. The highest BCUT2D eigenvalue weighted by Gasteiger charge is 2.21. The van der Waals surface area contributed by atoms with Crippen molar-refractivity contribution in [3.8, 4) is 0 Å². The maximum Gasteiger partial charge on any atom is 0.409 e. The van der Waals surface area contributed by atoms with E-state index in [2.05, 4.69) is 14.8 Å². The Morgan fingerprint density at radius 3 is 2.71 bits per heavy atom. The summed E-state index contributed by atoms with van der Waals surface area (Å²) in [5, 5.41) is 3.96. The van der Waals surface area contributed by atoms with Crippen LogP contribution in [-0.2, 0) is 11.3 Å². The Morgan fingerprint density at radius 1 is 1.47 bits per heavy atom. The number of aryl methyl sites for hydroxylation is 1. The topological polar surface area (TPSA) is 58.8 Å². The van der Waals surface area contributed by atoms with E-state index in [1.54, 1.807) is 4.90 Å². The predicted molar refractivity (Wildman–Crippen MR) is 60.5 cm³/mol. The van der Waals surface area contributed by atoms with Crippen molar-refractivity contribution >= 4 is 6.09 Å². The average Bonchev–Trinajstić information content (AvgIpc) is 2.75. The highest BCUT2D eigenvalue weighted by molar-refractivity contribution is 5.67. The first kappa shape index (κ1) is 11.9. The molecule has 0 saturated carbocycles. The van der Waals surface area contributed by atoms with Gasteiger partial charge in [0.15, 0.2) is 0 Å². The van der Waals surface area contributed by atoms with Gasteiger partial charge in [0.05, 0.1) is 12.8 Å². The molecule has 94 valence electrons. The molecule has 1 aliphatic heterocycles. The number of amides is 1. The maximum absolute atomic E-state index is 11.3. The van der Waals surface area contributed by atoms with E-state index in [-0.39, 0.29) is 6.09 Å². The number of carbonyl (C=O) groups excluding carboxylic acids is 1. The quantitative estimate of drug-likeness (QED) is 0.766. The summed E-state index contributed by atoms with van der Waals surface area (Å²) in [5.41, 5.74) is 0.939. The third kappa shape index (κ3) is 2.97. The lowest BCUT2D eigenvalue weighted by molar-refractivity contribution is 0.0881. The molecular formula is C11H17N3O3. The van der Waals surface area contributed by atoms with Gasteiger partial charge in [-0.2, -0.15) is 0 Å². The van der Waals surface area contributed by atoms with E-state index < -0.39 is 0 Å². The van der Waals surface area contributed by atoms with Crippen LogP contribution in [0, 0.1) is 6.92 Å². The fraction of sp³-hybridized carbons (Fsp3) is 0.636. The summed E-state index contributed by atoms with van der Waals surface area (Å²) in [4.78, 5) is 15.3. The fourth-order valence-corrected chi connectivity index (χ4v) is 1.94. The van der Waals surface area contributed by atoms with Crippen LogP contribution in [-0.4, -0.2) is 54.3 Å². The highest BCUT2D eigenvalue weighted by Crippen LogP contribution is 2.09. The lowest BCUT2D eigenvalue weighted by Gasteiger charge is -2.33. The Bertz CT molecular complexity index is 383. The van der Waals surface area contributed by atoms with Crippen LogP contribution in [0.25, 0.3) is 0 Å². The van der Waals surface area contributed by atoms with E-state index in [0.717, 1.165) is 31.1 Å². The molecule has 6 heteroatoms. The lowest BCUT2D eigenvalue weighted by atomic mass is 10.3. The Labute approximate surface area is 100 Å². The molecule has 0 unspecified atom stereocenters. The van der Waals surface area contributed by atoms with Crippen molar-refractivity contribution in [2.75, 3.05) is 33.3 Å². The van der Waals surface area contributed by atoms with E-state index in [0.29, 0.717) is 13.1 Å². The van der Waals surface area contributed by atoms with Crippen molar-refractivity contribution in [2.45, 2.75) is 13.5 Å². The van der Waals surface area contributed by atoms with Crippen LogP contribution in [0.4, 0.5) is 4.79 Å². The molecular weight excluding hydrogens is 222 g/mol. The number of carbonyl (C=O) groups is 1. The summed E-state index contributed by atoms with van der Waals surface area (Å²) in [6.07, 6.45) is -0.248. The number of piperazine rings is 1. The zero-order chi connectivity index (χ0) is 12.3. The molecule has 6 nitrogen and oxygen atoms in total. The Balaban J connectivity index is 1.81. The third-order valence-electron chi connectivity index (χ3n) is 2.87. The zero-order valence-corrected chi connectivity index (χ0v) is 10.2. The molecule has 0 bridgehead atoms. The minimum Gasteiger partial charge on any atom is -0.453 e. The summed E-state index contributed by atoms with van der Waals surface area (Å²) in [5.74, 6) is 0.827. The van der Waals surface area contributed by atoms with Crippen LogP contribution in [0.1, 0.15) is 11.5 Å². The Kier molecular flexibility index (Phi) is 3.63. The molecule has 1 aromatic rings. The summed E-state index contributed by atoms with van der Waals surface area (Å²) < 4.78 is 9.71. The molecule has 0 spiro atoms. The molecule has 0 atom stereocenters. The van der Waals surface area contributed by atoms with Crippen molar-refractivity contribution < 1.29 is 14.1 Å². The molecule has 1 aliphatic rings. The second kappa shape index (κ2) is 5.18. The van der Waals surface area contributed by atoms with E-state index in [1.165, 1.54) is 7.11 Å². The minimum atomic E-state index is -0.248. The predicted octanol–water partition coefficient (Wildman–Crippen LogP) is 0.867. The van der Waals surface area contributed by atoms with Crippen molar-refractivity contribution in [3.63, 3.8) is 0 Å². The van der Waals surface area contributed by atoms with E-state index in [9.17, 15) is 4.79 Å². The van der Waals surface area contributed by atoms with Crippen LogP contribution in [0.15, 0.2) is 10.6 Å². The first-order valence-electron chi connectivity index (χ1n) is 5.66. The van der Waals surface area contributed by atoms with Crippen molar-refractivity contribution in [1.29, 1.82) is 0 Å². The SMILES string of the molecule is COC(=O)N1CCN(Cc2cc(C)on2)CC1. The first-order valence-corrected chi connectivity index (χ1v) is 5.66. The molecule has 1 saturated heterocycles. The second-order valence-corrected chi connectivity index (χ2v) is 4.16. The molecule has 1 fully saturated rings. The van der Waals surface area contributed by atoms with Gasteiger partial charge in [0.25, 0.3) is 0 Å². The van der Waals surface area contributed by atoms with Crippen molar-refractivity contribution in [3.05, 3.63) is 17.5 Å². The van der Waals surface area contributed by atoms with E-state index in [4.69, 9.17) is 4.52 Å². The summed E-state index contributed by atoms with van der Waals surface area (Å²) in [6.45, 7) is 5.72. The minimum absolute atomic E-state index is 0.248. The van der Waals surface area contributed by atoms with Gasteiger partial charge in [-0.05, 0) is 6.92 Å². The normalized spacial score (nSPS) is 17.2. The molecule has 2 rings (SSSR count). The van der Waals surface area contributed by atoms with Crippen LogP contribution >= 0.6 is 0 Å². The molecule has 2 heterocycles. The Morgan fingerprint density at radius 2 is 2.18 bits per heavy atom. The molecule has 0 radical (unpaired) electrons. The largest absolute Gasteiger partial charge is 0.453 e. The average molecular weight is 239 g/mol. The smallest absolute Gasteiger partial charge is 0.409 e. The number of ether oxygens (including phenoxy) is 1. The maximum atomic E-state index is 11.3. The van der Waals surface area contributed by atoms with Gasteiger partial charge >= 0.3 is 6.09 Å². The molecule has 0 N–H and O–H groups in total. The standard InChI is InChI=1S/C11H17N3O3/c1-9-7-10(12-17-9)8-13-3-5-14(6-4-13)11(15)16-2/h7H,3-6,8H2,1-2H3. The van der Waals surface area contributed by atoms with Crippen LogP contribution in [0.3, 0.4) is 0 Å².